The van der Waals surface area contributed by atoms with Crippen LogP contribution in [0.2, 0.25) is 0 Å². The summed E-state index contributed by atoms with van der Waals surface area (Å²) in [4.78, 5) is 25.9. The first-order chi connectivity index (χ1) is 10.6. The highest BCUT2D eigenvalue weighted by atomic mass is 32.1. The zero-order valence-corrected chi connectivity index (χ0v) is 12.9. The highest BCUT2D eigenvalue weighted by molar-refractivity contribution is 7.17. The van der Waals surface area contributed by atoms with E-state index in [1.54, 1.807) is 16.2 Å². The van der Waals surface area contributed by atoms with E-state index in [9.17, 15) is 14.7 Å². The van der Waals surface area contributed by atoms with Crippen LogP contribution in [0.25, 0.3) is 10.1 Å². The number of rotatable bonds is 3. The van der Waals surface area contributed by atoms with E-state index < -0.39 is 11.9 Å². The highest BCUT2D eigenvalue weighted by Gasteiger charge is 2.46. The first kappa shape index (κ1) is 13.8. The fraction of sp³-hybridized carbons (Fsp3) is 0.412. The fourth-order valence-corrected chi connectivity index (χ4v) is 4.31. The van der Waals surface area contributed by atoms with E-state index in [1.807, 2.05) is 29.6 Å². The minimum absolute atomic E-state index is 0.0394. The van der Waals surface area contributed by atoms with Gasteiger partial charge in [0.05, 0.1) is 5.92 Å². The number of aliphatic carboxylic acids is 1. The highest BCUT2D eigenvalue weighted by Crippen LogP contribution is 2.44. The molecule has 0 spiro atoms. The molecule has 2 atom stereocenters. The van der Waals surface area contributed by atoms with Gasteiger partial charge in [-0.3, -0.25) is 9.59 Å². The Hall–Kier alpha value is -1.88. The summed E-state index contributed by atoms with van der Waals surface area (Å²) in [5.41, 5.74) is 0.659. The molecule has 1 N–H and O–H groups in total. The molecule has 1 aromatic carbocycles. The average molecular weight is 315 g/mol. The monoisotopic (exact) mass is 315 g/mol. The van der Waals surface area contributed by atoms with Crippen LogP contribution in [0, 0.1) is 17.8 Å². The molecular weight excluding hydrogens is 298 g/mol. The maximum Gasteiger partial charge on any atom is 0.308 e. The molecule has 4 nitrogen and oxygen atoms in total. The van der Waals surface area contributed by atoms with Crippen molar-refractivity contribution in [1.82, 2.24) is 4.90 Å². The maximum absolute atomic E-state index is 12.7. The number of nitrogens with zero attached hydrogens (tertiary/aromatic N) is 1. The van der Waals surface area contributed by atoms with Crippen molar-refractivity contribution >= 4 is 33.3 Å². The van der Waals surface area contributed by atoms with Gasteiger partial charge in [-0.05, 0) is 59.7 Å². The Morgan fingerprint density at radius 3 is 2.73 bits per heavy atom. The number of amides is 1. The largest absolute Gasteiger partial charge is 0.481 e. The number of carbonyl (C=O) groups excluding carboxylic acids is 1. The summed E-state index contributed by atoms with van der Waals surface area (Å²) < 4.78 is 1.16. The molecule has 2 heterocycles. The third-order valence-electron chi connectivity index (χ3n) is 4.90. The van der Waals surface area contributed by atoms with Crippen molar-refractivity contribution in [2.75, 3.05) is 13.1 Å². The molecule has 0 bridgehead atoms. The van der Waals surface area contributed by atoms with Crippen molar-refractivity contribution in [2.24, 2.45) is 17.8 Å². The van der Waals surface area contributed by atoms with Gasteiger partial charge in [-0.15, -0.1) is 11.3 Å². The number of likely N-dealkylation sites (tertiary alicyclic amines) is 1. The number of hydrogen-bond acceptors (Lipinski definition) is 3. The summed E-state index contributed by atoms with van der Waals surface area (Å²) in [5, 5.41) is 12.5. The third-order valence-corrected chi connectivity index (χ3v) is 5.79. The smallest absolute Gasteiger partial charge is 0.308 e. The van der Waals surface area contributed by atoms with Crippen LogP contribution in [0.5, 0.6) is 0 Å². The Balaban J connectivity index is 1.58. The number of fused-ring (bicyclic) bond motifs is 1. The molecule has 114 valence electrons. The first-order valence-electron chi connectivity index (χ1n) is 7.63. The van der Waals surface area contributed by atoms with Gasteiger partial charge in [0, 0.05) is 23.4 Å². The van der Waals surface area contributed by atoms with Gasteiger partial charge >= 0.3 is 5.97 Å². The molecule has 1 saturated carbocycles. The number of carboxylic acids is 1. The van der Waals surface area contributed by atoms with E-state index >= 15 is 0 Å². The molecule has 1 aliphatic carbocycles. The summed E-state index contributed by atoms with van der Waals surface area (Å²) in [6, 6.07) is 7.74. The second-order valence-corrected chi connectivity index (χ2v) is 7.28. The van der Waals surface area contributed by atoms with Crippen LogP contribution in [0.3, 0.4) is 0 Å². The van der Waals surface area contributed by atoms with Crippen molar-refractivity contribution in [2.45, 2.75) is 12.8 Å². The van der Waals surface area contributed by atoms with Gasteiger partial charge in [0.1, 0.15) is 0 Å². The van der Waals surface area contributed by atoms with Crippen LogP contribution in [0.1, 0.15) is 23.2 Å². The summed E-state index contributed by atoms with van der Waals surface area (Å²) in [5.74, 6) is -0.575. The second kappa shape index (κ2) is 5.09. The van der Waals surface area contributed by atoms with Crippen molar-refractivity contribution in [3.8, 4) is 0 Å². The van der Waals surface area contributed by atoms with E-state index in [1.165, 1.54) is 0 Å². The van der Waals surface area contributed by atoms with Crippen LogP contribution < -0.4 is 0 Å². The van der Waals surface area contributed by atoms with E-state index in [4.69, 9.17) is 0 Å². The molecular formula is C17H17NO3S. The Kier molecular flexibility index (Phi) is 3.18. The summed E-state index contributed by atoms with van der Waals surface area (Å²) in [6.45, 7) is 0.930. The van der Waals surface area contributed by atoms with E-state index in [0.717, 1.165) is 22.9 Å². The molecule has 22 heavy (non-hydrogen) atoms. The first-order valence-corrected chi connectivity index (χ1v) is 8.51. The molecule has 2 fully saturated rings. The minimum atomic E-state index is -0.763. The van der Waals surface area contributed by atoms with Crippen molar-refractivity contribution < 1.29 is 14.7 Å². The lowest BCUT2D eigenvalue weighted by molar-refractivity contribution is -0.142. The van der Waals surface area contributed by atoms with E-state index in [2.05, 4.69) is 0 Å². The van der Waals surface area contributed by atoms with Gasteiger partial charge < -0.3 is 10.0 Å². The zero-order valence-electron chi connectivity index (χ0n) is 12.1. The number of benzene rings is 1. The van der Waals surface area contributed by atoms with Crippen LogP contribution in [-0.2, 0) is 4.79 Å². The fourth-order valence-electron chi connectivity index (χ4n) is 3.54. The van der Waals surface area contributed by atoms with Crippen LogP contribution in [-0.4, -0.2) is 35.0 Å². The molecule has 0 radical (unpaired) electrons. The maximum atomic E-state index is 12.7. The predicted octanol–water partition coefficient (Wildman–Crippen LogP) is 3.08. The molecule has 1 saturated heterocycles. The summed E-state index contributed by atoms with van der Waals surface area (Å²) in [6.07, 6.45) is 2.22. The molecule has 1 aliphatic heterocycles. The minimum Gasteiger partial charge on any atom is -0.481 e. The Labute approximate surface area is 132 Å². The molecule has 2 aliphatic rings. The Morgan fingerprint density at radius 1 is 1.18 bits per heavy atom. The van der Waals surface area contributed by atoms with Gasteiger partial charge in [0.25, 0.3) is 5.91 Å². The quantitative estimate of drug-likeness (QED) is 0.947. The number of carbonyl (C=O) groups is 2. The SMILES string of the molecule is O=C(O)[C@H]1CN(C(=O)c2ccc3sccc3c2)C[C@@H]1C1CC1. The molecule has 0 unspecified atom stereocenters. The van der Waals surface area contributed by atoms with Gasteiger partial charge in [-0.1, -0.05) is 0 Å². The van der Waals surface area contributed by atoms with Gasteiger partial charge in [0.15, 0.2) is 0 Å². The molecule has 4 rings (SSSR count). The van der Waals surface area contributed by atoms with E-state index in [-0.39, 0.29) is 11.8 Å². The van der Waals surface area contributed by atoms with Crippen LogP contribution in [0.4, 0.5) is 0 Å². The van der Waals surface area contributed by atoms with Gasteiger partial charge in [-0.2, -0.15) is 0 Å². The predicted molar refractivity (Wildman–Crippen MR) is 85.1 cm³/mol. The molecule has 2 aromatic rings. The number of hydrogen-bond donors (Lipinski definition) is 1. The Bertz CT molecular complexity index is 749. The van der Waals surface area contributed by atoms with Crippen molar-refractivity contribution in [1.29, 1.82) is 0 Å². The lowest BCUT2D eigenvalue weighted by atomic mass is 9.92. The van der Waals surface area contributed by atoms with Gasteiger partial charge in [0.2, 0.25) is 0 Å². The summed E-state index contributed by atoms with van der Waals surface area (Å²) in [7, 11) is 0. The second-order valence-electron chi connectivity index (χ2n) is 6.33. The van der Waals surface area contributed by atoms with Crippen LogP contribution >= 0.6 is 11.3 Å². The van der Waals surface area contributed by atoms with Gasteiger partial charge in [-0.25, -0.2) is 0 Å². The van der Waals surface area contributed by atoms with Crippen molar-refractivity contribution in [3.05, 3.63) is 35.2 Å². The summed E-state index contributed by atoms with van der Waals surface area (Å²) >= 11 is 1.65. The molecule has 1 amide bonds. The normalized spacial score (nSPS) is 24.8. The number of carboxylic acid groups (broad SMARTS) is 1. The number of thiophene rings is 1. The molecule has 5 heteroatoms. The van der Waals surface area contributed by atoms with Crippen molar-refractivity contribution in [3.63, 3.8) is 0 Å². The zero-order chi connectivity index (χ0) is 15.3. The topological polar surface area (TPSA) is 57.6 Å². The average Bonchev–Trinajstić information content (AvgIpc) is 3.09. The lowest BCUT2D eigenvalue weighted by Gasteiger charge is -2.16. The third kappa shape index (κ3) is 2.29. The standard InChI is InChI=1S/C17H17NO3S/c19-16(12-3-4-15-11(7-12)5-6-22-15)18-8-13(10-1-2-10)14(9-18)17(20)21/h3-7,10,13-14H,1-2,8-9H2,(H,20,21)/t13-,14+/m1/s1. The molecule has 1 aromatic heterocycles. The Morgan fingerprint density at radius 2 is 2.00 bits per heavy atom. The van der Waals surface area contributed by atoms with Crippen LogP contribution in [0.15, 0.2) is 29.6 Å². The van der Waals surface area contributed by atoms with E-state index in [0.29, 0.717) is 24.6 Å². The lowest BCUT2D eigenvalue weighted by Crippen LogP contribution is -2.29.